The Morgan fingerprint density at radius 2 is 2.06 bits per heavy atom. The number of hydrogen-bond donors (Lipinski definition) is 0. The fourth-order valence-corrected chi connectivity index (χ4v) is 2.18. The van der Waals surface area contributed by atoms with Crippen molar-refractivity contribution in [3.8, 4) is 5.75 Å². The molecule has 0 N–H and O–H groups in total. The van der Waals surface area contributed by atoms with E-state index in [0.717, 1.165) is 11.3 Å². The second-order valence-corrected chi connectivity index (χ2v) is 5.34. The molecule has 0 fully saturated rings. The van der Waals surface area contributed by atoms with E-state index in [9.17, 15) is 0 Å². The first-order chi connectivity index (χ1) is 8.08. The highest BCUT2D eigenvalue weighted by Gasteiger charge is 2.08. The molecule has 17 heavy (non-hydrogen) atoms. The van der Waals surface area contributed by atoms with Crippen LogP contribution in [0.25, 0.3) is 0 Å². The van der Waals surface area contributed by atoms with Crippen molar-refractivity contribution in [1.82, 2.24) is 9.59 Å². The largest absolute Gasteiger partial charge is 0.487 e. The van der Waals surface area contributed by atoms with E-state index in [1.807, 2.05) is 13.0 Å². The van der Waals surface area contributed by atoms with Crippen molar-refractivity contribution < 1.29 is 4.74 Å². The molecular weight excluding hydrogens is 256 g/mol. The molecule has 0 amide bonds. The van der Waals surface area contributed by atoms with Gasteiger partial charge in [0.15, 0.2) is 0 Å². The normalized spacial score (nSPS) is 10.6. The molecule has 0 atom stereocenters. The molecule has 2 aromatic rings. The Hall–Kier alpha value is -1.13. The minimum atomic E-state index is 0.360. The molecule has 5 heteroatoms. The van der Waals surface area contributed by atoms with Crippen molar-refractivity contribution in [3.63, 3.8) is 0 Å². The lowest BCUT2D eigenvalue weighted by Gasteiger charge is -2.11. The van der Waals surface area contributed by atoms with Gasteiger partial charge in [-0.25, -0.2) is 0 Å². The summed E-state index contributed by atoms with van der Waals surface area (Å²) >= 11 is 7.10. The second kappa shape index (κ2) is 5.02. The molecule has 0 saturated heterocycles. The maximum absolute atomic E-state index is 5.92. The highest BCUT2D eigenvalue weighted by atomic mass is 35.5. The van der Waals surface area contributed by atoms with Gasteiger partial charge >= 0.3 is 0 Å². The number of ether oxygens (including phenoxy) is 1. The zero-order chi connectivity index (χ0) is 12.4. The zero-order valence-corrected chi connectivity index (χ0v) is 11.5. The molecule has 0 aliphatic rings. The maximum Gasteiger partial charge on any atom is 0.141 e. The molecule has 0 aliphatic carbocycles. The van der Waals surface area contributed by atoms with Crippen LogP contribution in [-0.2, 0) is 6.61 Å². The molecule has 0 aliphatic heterocycles. The van der Waals surface area contributed by atoms with Crippen LogP contribution in [0.2, 0.25) is 4.34 Å². The summed E-state index contributed by atoms with van der Waals surface area (Å²) in [5, 5.41) is 3.92. The minimum absolute atomic E-state index is 0.360. The molecule has 1 aromatic carbocycles. The standard InChI is InChI=1S/C12H13ClN2OS/c1-7-4-8(2)9(3)11(5-7)16-6-10-12(13)17-15-14-10/h4-5H,6H2,1-3H3. The zero-order valence-electron chi connectivity index (χ0n) is 9.95. The van der Waals surface area contributed by atoms with Gasteiger partial charge in [-0.05, 0) is 43.5 Å². The summed E-state index contributed by atoms with van der Waals surface area (Å²) in [6, 6.07) is 4.16. The Bertz CT molecular complexity index is 539. The number of aryl methyl sites for hydroxylation is 2. The summed E-state index contributed by atoms with van der Waals surface area (Å²) < 4.78 is 10.1. The fourth-order valence-electron chi connectivity index (χ4n) is 1.58. The number of aromatic nitrogens is 2. The highest BCUT2D eigenvalue weighted by Crippen LogP contribution is 2.25. The third-order valence-corrected chi connectivity index (χ3v) is 3.62. The lowest BCUT2D eigenvalue weighted by Crippen LogP contribution is -1.99. The summed E-state index contributed by atoms with van der Waals surface area (Å²) in [4.78, 5) is 0. The Morgan fingerprint density at radius 1 is 1.29 bits per heavy atom. The predicted octanol–water partition coefficient (Wildman–Crippen LogP) is 3.70. The fraction of sp³-hybridized carbons (Fsp3) is 0.333. The van der Waals surface area contributed by atoms with Crippen molar-refractivity contribution in [2.75, 3.05) is 0 Å². The van der Waals surface area contributed by atoms with Crippen LogP contribution in [0.3, 0.4) is 0 Å². The van der Waals surface area contributed by atoms with Crippen LogP contribution >= 0.6 is 23.1 Å². The topological polar surface area (TPSA) is 35.0 Å². The SMILES string of the molecule is Cc1cc(C)c(C)c(OCc2nnsc2Cl)c1. The summed E-state index contributed by atoms with van der Waals surface area (Å²) in [7, 11) is 0. The number of nitrogens with zero attached hydrogens (tertiary/aromatic N) is 2. The van der Waals surface area contributed by atoms with Crippen LogP contribution in [0.1, 0.15) is 22.4 Å². The van der Waals surface area contributed by atoms with Gasteiger partial charge in [0.2, 0.25) is 0 Å². The Kier molecular flexibility index (Phi) is 3.64. The summed E-state index contributed by atoms with van der Waals surface area (Å²) in [5.41, 5.74) is 4.25. The van der Waals surface area contributed by atoms with Crippen LogP contribution in [0.4, 0.5) is 0 Å². The average Bonchev–Trinajstić information content (AvgIpc) is 2.67. The van der Waals surface area contributed by atoms with Gasteiger partial charge in [0, 0.05) is 11.5 Å². The van der Waals surface area contributed by atoms with E-state index >= 15 is 0 Å². The number of rotatable bonds is 3. The van der Waals surface area contributed by atoms with E-state index in [1.54, 1.807) is 0 Å². The smallest absolute Gasteiger partial charge is 0.141 e. The highest BCUT2D eigenvalue weighted by molar-refractivity contribution is 7.10. The van der Waals surface area contributed by atoms with Crippen LogP contribution in [0, 0.1) is 20.8 Å². The molecule has 0 bridgehead atoms. The first-order valence-corrected chi connectivity index (χ1v) is 6.40. The van der Waals surface area contributed by atoms with Gasteiger partial charge in [-0.15, -0.1) is 5.10 Å². The molecule has 0 radical (unpaired) electrons. The molecular formula is C12H13ClN2OS. The van der Waals surface area contributed by atoms with Crippen molar-refractivity contribution in [2.45, 2.75) is 27.4 Å². The Morgan fingerprint density at radius 3 is 2.71 bits per heavy atom. The summed E-state index contributed by atoms with van der Waals surface area (Å²) in [6.07, 6.45) is 0. The second-order valence-electron chi connectivity index (χ2n) is 3.99. The van der Waals surface area contributed by atoms with E-state index in [1.165, 1.54) is 22.7 Å². The number of benzene rings is 1. The van der Waals surface area contributed by atoms with E-state index in [2.05, 4.69) is 29.5 Å². The molecule has 3 nitrogen and oxygen atoms in total. The van der Waals surface area contributed by atoms with Crippen LogP contribution < -0.4 is 4.74 Å². The minimum Gasteiger partial charge on any atom is -0.487 e. The van der Waals surface area contributed by atoms with E-state index in [4.69, 9.17) is 16.3 Å². The number of halogens is 1. The van der Waals surface area contributed by atoms with Crippen molar-refractivity contribution in [3.05, 3.63) is 38.9 Å². The molecule has 1 aromatic heterocycles. The molecule has 90 valence electrons. The van der Waals surface area contributed by atoms with E-state index in [0.29, 0.717) is 16.6 Å². The van der Waals surface area contributed by atoms with E-state index < -0.39 is 0 Å². The van der Waals surface area contributed by atoms with Crippen LogP contribution in [0.15, 0.2) is 12.1 Å². The maximum atomic E-state index is 5.92. The van der Waals surface area contributed by atoms with Gasteiger partial charge in [-0.2, -0.15) is 0 Å². The monoisotopic (exact) mass is 268 g/mol. The first-order valence-electron chi connectivity index (χ1n) is 5.25. The lowest BCUT2D eigenvalue weighted by molar-refractivity contribution is 0.299. The van der Waals surface area contributed by atoms with Crippen molar-refractivity contribution >= 4 is 23.1 Å². The van der Waals surface area contributed by atoms with Gasteiger partial charge in [0.05, 0.1) is 0 Å². The first kappa shape index (κ1) is 12.3. The van der Waals surface area contributed by atoms with Gasteiger partial charge in [0.1, 0.15) is 22.4 Å². The molecule has 1 heterocycles. The van der Waals surface area contributed by atoms with Gasteiger partial charge in [0.25, 0.3) is 0 Å². The van der Waals surface area contributed by atoms with Gasteiger partial charge in [-0.3, -0.25) is 0 Å². The quantitative estimate of drug-likeness (QED) is 0.851. The number of hydrogen-bond acceptors (Lipinski definition) is 4. The Balaban J connectivity index is 2.17. The van der Waals surface area contributed by atoms with Gasteiger partial charge in [-0.1, -0.05) is 22.2 Å². The van der Waals surface area contributed by atoms with Crippen molar-refractivity contribution in [2.24, 2.45) is 0 Å². The van der Waals surface area contributed by atoms with Gasteiger partial charge < -0.3 is 4.74 Å². The van der Waals surface area contributed by atoms with Crippen molar-refractivity contribution in [1.29, 1.82) is 0 Å². The Labute approximate surface area is 110 Å². The average molecular weight is 269 g/mol. The third-order valence-electron chi connectivity index (χ3n) is 2.64. The van der Waals surface area contributed by atoms with E-state index in [-0.39, 0.29) is 0 Å². The molecule has 0 saturated carbocycles. The molecule has 2 rings (SSSR count). The van der Waals surface area contributed by atoms with Crippen LogP contribution in [0.5, 0.6) is 5.75 Å². The molecule has 0 spiro atoms. The predicted molar refractivity (Wildman–Crippen MR) is 69.9 cm³/mol. The summed E-state index contributed by atoms with van der Waals surface area (Å²) in [6.45, 7) is 6.54. The third kappa shape index (κ3) is 2.76. The summed E-state index contributed by atoms with van der Waals surface area (Å²) in [5.74, 6) is 0.881. The molecule has 0 unspecified atom stereocenters. The lowest BCUT2D eigenvalue weighted by atomic mass is 10.1. The van der Waals surface area contributed by atoms with Crippen LogP contribution in [-0.4, -0.2) is 9.59 Å².